The van der Waals surface area contributed by atoms with Crippen molar-refractivity contribution in [3.05, 3.63) is 51.1 Å². The van der Waals surface area contributed by atoms with Gasteiger partial charge in [0.25, 0.3) is 0 Å². The summed E-state index contributed by atoms with van der Waals surface area (Å²) in [4.78, 5) is 4.91. The Kier molecular flexibility index (Phi) is 4.99. The van der Waals surface area contributed by atoms with Crippen molar-refractivity contribution in [3.63, 3.8) is 0 Å². The average molecular weight is 375 g/mol. The molecule has 25 heavy (non-hydrogen) atoms. The predicted molar refractivity (Wildman–Crippen MR) is 85.8 cm³/mol. The number of nitrogens with zero attached hydrogens (tertiary/aromatic N) is 2. The molecule has 1 aromatic heterocycles. The number of benzene rings is 1. The number of fused-ring (bicyclic) bond motifs is 1. The highest BCUT2D eigenvalue weighted by atomic mass is 32.1. The van der Waals surface area contributed by atoms with Gasteiger partial charge < -0.3 is 14.7 Å². The highest BCUT2D eigenvalue weighted by molar-refractivity contribution is 7.71. The fourth-order valence-electron chi connectivity index (χ4n) is 3.29. The fourth-order valence-corrected chi connectivity index (χ4v) is 3.60. The maximum absolute atomic E-state index is 14.1. The van der Waals surface area contributed by atoms with Gasteiger partial charge in [0.05, 0.1) is 12.3 Å². The number of likely N-dealkylation sites (N-methyl/N-ethyl adjacent to an activating group) is 1. The molecule has 9 heteroatoms. The highest BCUT2D eigenvalue weighted by Gasteiger charge is 2.33. The molecule has 0 aliphatic carbocycles. The molecule has 4 nitrogen and oxygen atoms in total. The first-order valence-electron chi connectivity index (χ1n) is 7.76. The summed E-state index contributed by atoms with van der Waals surface area (Å²) in [5, 5.41) is 8.99. The van der Waals surface area contributed by atoms with Crippen molar-refractivity contribution in [2.45, 2.75) is 25.4 Å². The summed E-state index contributed by atoms with van der Waals surface area (Å²) in [5.41, 5.74) is 0.940. The summed E-state index contributed by atoms with van der Waals surface area (Å²) in [5.74, 6) is -6.26. The molecule has 0 unspecified atom stereocenters. The number of hydrogen-bond acceptors (Lipinski definition) is 3. The van der Waals surface area contributed by atoms with E-state index in [1.165, 1.54) is 0 Å². The third kappa shape index (κ3) is 3.23. The number of aromatic nitrogens is 2. The molecule has 0 fully saturated rings. The molecule has 0 spiro atoms. The van der Waals surface area contributed by atoms with Crippen molar-refractivity contribution in [1.29, 1.82) is 0 Å². The molecular weight excluding hydrogens is 358 g/mol. The molecule has 0 saturated heterocycles. The molecule has 1 atom stereocenters. The van der Waals surface area contributed by atoms with Crippen molar-refractivity contribution < 1.29 is 22.7 Å². The smallest absolute Gasteiger partial charge is 0.177 e. The Bertz CT molecular complexity index is 838. The zero-order chi connectivity index (χ0) is 18.3. The van der Waals surface area contributed by atoms with E-state index in [0.717, 1.165) is 11.4 Å². The molecule has 136 valence electrons. The van der Waals surface area contributed by atoms with Crippen LogP contribution in [-0.4, -0.2) is 39.8 Å². The molecule has 1 aliphatic heterocycles. The third-order valence-corrected chi connectivity index (χ3v) is 4.81. The molecule has 3 rings (SSSR count). The lowest BCUT2D eigenvalue weighted by atomic mass is 9.95. The first-order chi connectivity index (χ1) is 11.8. The number of hydrogen-bond donors (Lipinski definition) is 2. The summed E-state index contributed by atoms with van der Waals surface area (Å²) in [6.07, 6.45) is 0.214. The van der Waals surface area contributed by atoms with E-state index in [2.05, 4.69) is 4.98 Å². The second-order valence-electron chi connectivity index (χ2n) is 6.21. The van der Waals surface area contributed by atoms with Crippen molar-refractivity contribution >= 4 is 12.2 Å². The van der Waals surface area contributed by atoms with Crippen molar-refractivity contribution in [2.24, 2.45) is 0 Å². The van der Waals surface area contributed by atoms with E-state index in [-0.39, 0.29) is 25.6 Å². The van der Waals surface area contributed by atoms with Crippen LogP contribution < -0.4 is 0 Å². The van der Waals surface area contributed by atoms with Gasteiger partial charge in [-0.2, -0.15) is 0 Å². The first-order valence-corrected chi connectivity index (χ1v) is 8.17. The van der Waals surface area contributed by atoms with Crippen LogP contribution in [0.3, 0.4) is 0 Å². The van der Waals surface area contributed by atoms with Crippen molar-refractivity contribution in [3.8, 4) is 0 Å². The molecule has 0 bridgehead atoms. The molecule has 0 saturated carbocycles. The van der Waals surface area contributed by atoms with Crippen molar-refractivity contribution in [1.82, 2.24) is 14.5 Å². The minimum atomic E-state index is -1.40. The number of imidazole rings is 1. The number of nitrogens with one attached hydrogen (secondary N) is 1. The quantitative estimate of drug-likeness (QED) is 0.480. The molecule has 2 heterocycles. The van der Waals surface area contributed by atoms with Crippen LogP contribution in [0, 0.1) is 28.0 Å². The fraction of sp³-hybridized carbons (Fsp3) is 0.438. The van der Waals surface area contributed by atoms with Gasteiger partial charge in [0.15, 0.2) is 28.0 Å². The van der Waals surface area contributed by atoms with E-state index in [9.17, 15) is 17.6 Å². The van der Waals surface area contributed by atoms with E-state index < -0.39 is 34.8 Å². The van der Waals surface area contributed by atoms with Gasteiger partial charge in [0.1, 0.15) is 0 Å². The lowest BCUT2D eigenvalue weighted by Crippen LogP contribution is -2.22. The zero-order valence-corrected chi connectivity index (χ0v) is 14.3. The van der Waals surface area contributed by atoms with Gasteiger partial charge in [-0.25, -0.2) is 17.6 Å². The summed E-state index contributed by atoms with van der Waals surface area (Å²) in [6.45, 7) is 1.05. The van der Waals surface area contributed by atoms with E-state index in [1.807, 2.05) is 11.9 Å². The predicted octanol–water partition coefficient (Wildman–Crippen LogP) is 2.87. The summed E-state index contributed by atoms with van der Waals surface area (Å²) in [7, 11) is 1.81. The molecule has 0 amide bonds. The van der Waals surface area contributed by atoms with Gasteiger partial charge in [-0.05, 0) is 25.7 Å². The molecule has 0 radical (unpaired) electrons. The van der Waals surface area contributed by atoms with Crippen LogP contribution >= 0.6 is 12.2 Å². The Balaban J connectivity index is 1.94. The lowest BCUT2D eigenvalue weighted by Gasteiger charge is -2.15. The molecule has 2 N–H and O–H groups in total. The first kappa shape index (κ1) is 18.1. The van der Waals surface area contributed by atoms with Gasteiger partial charge in [-0.15, -0.1) is 0 Å². The van der Waals surface area contributed by atoms with E-state index in [1.54, 1.807) is 4.57 Å². The minimum Gasteiger partial charge on any atom is -0.395 e. The van der Waals surface area contributed by atoms with Crippen LogP contribution in [0.5, 0.6) is 0 Å². The van der Waals surface area contributed by atoms with Crippen LogP contribution in [0.1, 0.15) is 22.9 Å². The standard InChI is InChI=1S/C16H17F4N3OS/c1-22(2-3-24)7-11-12-4-8(6-23(12)16(25)21-11)13-14(19)9(17)5-10(18)15(13)20/h5,8,24H,2-4,6-7H2,1H3,(H,21,25)/t8-/m0/s1. The van der Waals surface area contributed by atoms with Crippen LogP contribution in [0.2, 0.25) is 0 Å². The second kappa shape index (κ2) is 6.89. The van der Waals surface area contributed by atoms with Gasteiger partial charge in [0, 0.05) is 42.9 Å². The maximum atomic E-state index is 14.1. The van der Waals surface area contributed by atoms with Crippen LogP contribution in [0.15, 0.2) is 6.07 Å². The average Bonchev–Trinajstić information content (AvgIpc) is 3.08. The number of aliphatic hydroxyl groups is 1. The van der Waals surface area contributed by atoms with Crippen molar-refractivity contribution in [2.75, 3.05) is 20.2 Å². The summed E-state index contributed by atoms with van der Waals surface area (Å²) >= 11 is 5.24. The molecular formula is C16H17F4N3OS. The van der Waals surface area contributed by atoms with Crippen LogP contribution in [0.4, 0.5) is 17.6 Å². The van der Waals surface area contributed by atoms with E-state index in [4.69, 9.17) is 17.3 Å². The Labute approximate surface area is 146 Å². The van der Waals surface area contributed by atoms with Crippen LogP contribution in [0.25, 0.3) is 0 Å². The van der Waals surface area contributed by atoms with E-state index in [0.29, 0.717) is 17.9 Å². The largest absolute Gasteiger partial charge is 0.395 e. The molecule has 2 aromatic rings. The summed E-state index contributed by atoms with van der Waals surface area (Å²) in [6, 6.07) is 0.213. The van der Waals surface area contributed by atoms with Gasteiger partial charge in [-0.3, -0.25) is 4.90 Å². The molecule has 1 aromatic carbocycles. The number of aromatic amines is 1. The Hall–Kier alpha value is -1.71. The Morgan fingerprint density at radius 1 is 1.28 bits per heavy atom. The maximum Gasteiger partial charge on any atom is 0.177 e. The number of halogens is 4. The van der Waals surface area contributed by atoms with Gasteiger partial charge in [-0.1, -0.05) is 0 Å². The summed E-state index contributed by atoms with van der Waals surface area (Å²) < 4.78 is 57.2. The topological polar surface area (TPSA) is 44.2 Å². The Morgan fingerprint density at radius 3 is 2.52 bits per heavy atom. The Morgan fingerprint density at radius 2 is 1.92 bits per heavy atom. The SMILES string of the molecule is CN(CCO)Cc1[nH]c(=S)n2c1C[C@H](c1c(F)c(F)cc(F)c1F)C2. The van der Waals surface area contributed by atoms with Crippen LogP contribution in [-0.2, 0) is 19.5 Å². The second-order valence-corrected chi connectivity index (χ2v) is 6.60. The van der Waals surface area contributed by atoms with Gasteiger partial charge in [0.2, 0.25) is 0 Å². The monoisotopic (exact) mass is 375 g/mol. The minimum absolute atomic E-state index is 0.00507. The number of aliphatic hydroxyl groups excluding tert-OH is 1. The zero-order valence-electron chi connectivity index (χ0n) is 13.5. The molecule has 1 aliphatic rings. The highest BCUT2D eigenvalue weighted by Crippen LogP contribution is 2.36. The number of rotatable bonds is 5. The normalized spacial score (nSPS) is 16.7. The lowest BCUT2D eigenvalue weighted by molar-refractivity contribution is 0.216. The number of H-pyrrole nitrogens is 1. The van der Waals surface area contributed by atoms with Gasteiger partial charge >= 0.3 is 0 Å². The third-order valence-electron chi connectivity index (χ3n) is 4.48. The van der Waals surface area contributed by atoms with E-state index >= 15 is 0 Å².